The van der Waals surface area contributed by atoms with Gasteiger partial charge in [-0.25, -0.2) is 0 Å². The molecule has 1 aromatic rings. The standard InChI is InChI=1S/C17H28N4O2S2.C12H19N.C8H10.C2H6.C2H2.CH2O/c1-12(2)7-8-14-13(3)16(25-15(14)9-23-5)21(4)17(24-6)20-19-10-18-11-22;1-5-8-12(13-4)10-7-9-11(3)6-2;1-8-6-4-2-3-5-7-8;3*1-2/h10-12H,7-9H2,1-6H3,(H,18,19,22);5-7,9-11,13H,1-2,8H2,3-4H3;2-6H,7H2,1H3;1-2H3;1-2H;1H2/b20-17+;9-7-,12-10+;;;;. The van der Waals surface area contributed by atoms with E-state index in [2.05, 4.69) is 124 Å². The average molecular weight is 754 g/mol. The van der Waals surface area contributed by atoms with Crippen molar-refractivity contribution in [3.05, 3.63) is 101 Å². The summed E-state index contributed by atoms with van der Waals surface area (Å²) in [6.07, 6.45) is 36.5. The molecule has 0 fully saturated rings. The lowest BCUT2D eigenvalue weighted by atomic mass is 10.00. The number of terminal acetylenes is 1. The Morgan fingerprint density at radius 1 is 1.15 bits per heavy atom. The maximum absolute atomic E-state index is 10.3. The van der Waals surface area contributed by atoms with E-state index in [1.54, 1.807) is 18.4 Å². The highest BCUT2D eigenvalue weighted by Gasteiger charge is 2.20. The molecule has 0 spiro atoms. The fourth-order valence-corrected chi connectivity index (χ4v) is 5.75. The number of carbonyl (C=O) groups is 2. The minimum absolute atomic E-state index is 0.429. The van der Waals surface area contributed by atoms with Gasteiger partial charge in [0, 0.05) is 38.2 Å². The molecule has 0 aliphatic heterocycles. The highest BCUT2D eigenvalue weighted by atomic mass is 32.2. The topological polar surface area (TPSA) is 95.4 Å². The van der Waals surface area contributed by atoms with Crippen molar-refractivity contribution in [2.45, 2.75) is 80.8 Å². The van der Waals surface area contributed by atoms with E-state index in [4.69, 9.17) is 9.53 Å². The monoisotopic (exact) mass is 753 g/mol. The SMILES string of the molecule is C#C.C=CC/C(=C\C=C/C(C)C=C)NC.C=O.CC.CC1=CC=CC=CC1.COCc1sc(N(C)/C(=N\N=C\NC=O)SC)c(C)c1CCC(C)C. The van der Waals surface area contributed by atoms with Gasteiger partial charge in [-0.15, -0.1) is 47.5 Å². The van der Waals surface area contributed by atoms with E-state index in [0.717, 1.165) is 35.9 Å². The Balaban J connectivity index is -0.000000354. The number of ether oxygens (including phenoxy) is 1. The van der Waals surface area contributed by atoms with E-state index in [0.29, 0.717) is 24.9 Å². The Kier molecular flexibility index (Phi) is 41.6. The number of nitrogens with one attached hydrogen (secondary N) is 2. The molecule has 10 heteroatoms. The molecule has 0 radical (unpaired) electrons. The number of amidine groups is 1. The van der Waals surface area contributed by atoms with Gasteiger partial charge in [0.2, 0.25) is 6.41 Å². The van der Waals surface area contributed by atoms with Crippen LogP contribution in [0.2, 0.25) is 0 Å². The van der Waals surface area contributed by atoms with Crippen LogP contribution in [0, 0.1) is 31.6 Å². The maximum atomic E-state index is 10.3. The third-order valence-corrected chi connectivity index (χ3v) is 8.75. The van der Waals surface area contributed by atoms with Gasteiger partial charge in [-0.3, -0.25) is 4.79 Å². The predicted molar refractivity (Wildman–Crippen MR) is 235 cm³/mol. The first-order chi connectivity index (χ1) is 25.1. The van der Waals surface area contributed by atoms with Crippen LogP contribution in [0.3, 0.4) is 0 Å². The van der Waals surface area contributed by atoms with Crippen LogP contribution >= 0.6 is 23.1 Å². The van der Waals surface area contributed by atoms with Crippen molar-refractivity contribution in [1.82, 2.24) is 10.6 Å². The van der Waals surface area contributed by atoms with Crippen molar-refractivity contribution < 1.29 is 14.3 Å². The second-order valence-corrected chi connectivity index (χ2v) is 12.8. The zero-order chi connectivity index (χ0) is 40.7. The summed E-state index contributed by atoms with van der Waals surface area (Å²) in [5, 5.41) is 15.4. The van der Waals surface area contributed by atoms with Gasteiger partial charge in [0.25, 0.3) is 0 Å². The van der Waals surface area contributed by atoms with Crippen LogP contribution in [0.15, 0.2) is 95.4 Å². The molecule has 2 rings (SSSR count). The van der Waals surface area contributed by atoms with E-state index in [9.17, 15) is 4.79 Å². The Morgan fingerprint density at radius 3 is 2.33 bits per heavy atom. The fourth-order valence-electron chi connectivity index (χ4n) is 3.91. The third-order valence-electron chi connectivity index (χ3n) is 6.64. The zero-order valence-corrected chi connectivity index (χ0v) is 35.4. The highest BCUT2D eigenvalue weighted by Crippen LogP contribution is 2.37. The molecular weight excluding hydrogens is 687 g/mol. The van der Waals surface area contributed by atoms with Crippen molar-refractivity contribution in [1.29, 1.82) is 0 Å². The summed E-state index contributed by atoms with van der Waals surface area (Å²) < 4.78 is 5.39. The van der Waals surface area contributed by atoms with Gasteiger partial charge in [-0.1, -0.05) is 107 Å². The van der Waals surface area contributed by atoms with Gasteiger partial charge in [-0.2, -0.15) is 0 Å². The molecule has 0 bridgehead atoms. The molecule has 1 unspecified atom stereocenters. The molecule has 290 valence electrons. The molecule has 52 heavy (non-hydrogen) atoms. The number of hydrogen-bond donors (Lipinski definition) is 2. The summed E-state index contributed by atoms with van der Waals surface area (Å²) in [6.45, 7) is 24.9. The van der Waals surface area contributed by atoms with E-state index in [1.165, 1.54) is 45.4 Å². The number of methoxy groups -OCH3 is 1. The largest absolute Gasteiger partial charge is 0.391 e. The van der Waals surface area contributed by atoms with Gasteiger partial charge in [0.05, 0.1) is 6.61 Å². The molecule has 1 heterocycles. The summed E-state index contributed by atoms with van der Waals surface area (Å²) in [4.78, 5) is 21.6. The molecule has 0 aromatic carbocycles. The minimum atomic E-state index is 0.429. The number of nitrogens with zero attached hydrogens (tertiary/aromatic N) is 3. The second-order valence-electron chi connectivity index (χ2n) is 10.9. The quantitative estimate of drug-likeness (QED) is 0.0352. The molecule has 1 amide bonds. The lowest BCUT2D eigenvalue weighted by Crippen LogP contribution is -2.23. The number of anilines is 1. The zero-order valence-electron chi connectivity index (χ0n) is 33.8. The van der Waals surface area contributed by atoms with Crippen molar-refractivity contribution in [2.24, 2.45) is 22.0 Å². The first kappa shape index (κ1) is 54.6. The highest BCUT2D eigenvalue weighted by molar-refractivity contribution is 8.13. The molecule has 0 saturated heterocycles. The van der Waals surface area contributed by atoms with Crippen molar-refractivity contribution in [3.63, 3.8) is 0 Å². The van der Waals surface area contributed by atoms with Crippen molar-refractivity contribution in [2.75, 3.05) is 32.4 Å². The van der Waals surface area contributed by atoms with Gasteiger partial charge in [0.1, 0.15) is 18.1 Å². The van der Waals surface area contributed by atoms with E-state index in [1.807, 2.05) is 64.1 Å². The van der Waals surface area contributed by atoms with Gasteiger partial charge in [-0.05, 0) is 68.4 Å². The van der Waals surface area contributed by atoms with Crippen LogP contribution < -0.4 is 15.5 Å². The summed E-state index contributed by atoms with van der Waals surface area (Å²) in [5.74, 6) is 1.09. The van der Waals surface area contributed by atoms with Gasteiger partial charge in [0.15, 0.2) is 5.17 Å². The average Bonchev–Trinajstić information content (AvgIpc) is 3.29. The second kappa shape index (κ2) is 39.6. The Labute approximate surface area is 325 Å². The maximum Gasteiger partial charge on any atom is 0.212 e. The summed E-state index contributed by atoms with van der Waals surface area (Å²) in [7, 11) is 5.63. The molecule has 2 N–H and O–H groups in total. The van der Waals surface area contributed by atoms with Crippen LogP contribution in [-0.2, 0) is 27.4 Å². The van der Waals surface area contributed by atoms with Gasteiger partial charge >= 0.3 is 0 Å². The van der Waals surface area contributed by atoms with Crippen LogP contribution in [0.1, 0.15) is 76.8 Å². The number of rotatable bonds is 15. The lowest BCUT2D eigenvalue weighted by molar-refractivity contribution is -0.108. The molecular formula is C42H67N5O3S2. The smallest absolute Gasteiger partial charge is 0.212 e. The van der Waals surface area contributed by atoms with E-state index < -0.39 is 0 Å². The summed E-state index contributed by atoms with van der Waals surface area (Å²) in [6, 6.07) is 0. The number of allylic oxidation sites excluding steroid dienone is 11. The van der Waals surface area contributed by atoms with E-state index >= 15 is 0 Å². The molecule has 8 nitrogen and oxygen atoms in total. The number of amides is 1. The first-order valence-corrected chi connectivity index (χ1v) is 19.2. The molecule has 1 aliphatic rings. The molecule has 1 atom stereocenters. The fraction of sp³-hybridized carbons (Fsp3) is 0.429. The number of thioether (sulfide) groups is 1. The predicted octanol–water partition coefficient (Wildman–Crippen LogP) is 10.2. The molecule has 1 aliphatic carbocycles. The minimum Gasteiger partial charge on any atom is -0.391 e. The third kappa shape index (κ3) is 27.5. The number of carbonyl (C=O) groups excluding carboxylic acids is 2. The summed E-state index contributed by atoms with van der Waals surface area (Å²) in [5.41, 5.74) is 5.25. The van der Waals surface area contributed by atoms with Crippen molar-refractivity contribution >= 4 is 52.8 Å². The number of hydrogen-bond acceptors (Lipinski definition) is 8. The van der Waals surface area contributed by atoms with E-state index in [-0.39, 0.29) is 0 Å². The lowest BCUT2D eigenvalue weighted by Gasteiger charge is -2.18. The summed E-state index contributed by atoms with van der Waals surface area (Å²) >= 11 is 3.25. The molecule has 0 saturated carbocycles. The van der Waals surface area contributed by atoms with Crippen molar-refractivity contribution in [3.8, 4) is 12.8 Å². The van der Waals surface area contributed by atoms with Gasteiger partial charge < -0.3 is 25.1 Å². The van der Waals surface area contributed by atoms with Crippen LogP contribution in [0.5, 0.6) is 0 Å². The number of thiophene rings is 1. The molecule has 1 aromatic heterocycles. The van der Waals surface area contributed by atoms with Crippen LogP contribution in [-0.4, -0.2) is 52.2 Å². The Bertz CT molecular complexity index is 1320. The van der Waals surface area contributed by atoms with Crippen LogP contribution in [0.4, 0.5) is 5.00 Å². The normalized spacial score (nSPS) is 12.4. The Morgan fingerprint density at radius 2 is 1.81 bits per heavy atom. The first-order valence-electron chi connectivity index (χ1n) is 17.2. The van der Waals surface area contributed by atoms with Crippen LogP contribution in [0.25, 0.3) is 0 Å². The Hall–Kier alpha value is -4.17.